The monoisotopic (exact) mass is 609 g/mol. The van der Waals surface area contributed by atoms with Crippen LogP contribution in [0.25, 0.3) is 0 Å². The van der Waals surface area contributed by atoms with Gasteiger partial charge in [-0.25, -0.2) is 8.42 Å². The Morgan fingerprint density at radius 1 is 0.952 bits per heavy atom. The number of carbonyl (C=O) groups is 2. The van der Waals surface area contributed by atoms with Crippen molar-refractivity contribution in [3.63, 3.8) is 0 Å². The zero-order valence-electron chi connectivity index (χ0n) is 24.3. The molecule has 0 saturated heterocycles. The number of halogens is 1. The predicted octanol–water partition coefficient (Wildman–Crippen LogP) is 5.89. The van der Waals surface area contributed by atoms with Crippen molar-refractivity contribution in [2.24, 2.45) is 0 Å². The van der Waals surface area contributed by atoms with E-state index in [2.05, 4.69) is 5.32 Å². The zero-order chi connectivity index (χ0) is 30.1. The van der Waals surface area contributed by atoms with E-state index in [0.717, 1.165) is 42.4 Å². The van der Waals surface area contributed by atoms with Gasteiger partial charge in [0, 0.05) is 37.0 Å². The number of aryl methyl sites for hydroxylation is 1. The smallest absolute Gasteiger partial charge is 0.243 e. The molecule has 1 saturated carbocycles. The van der Waals surface area contributed by atoms with Crippen LogP contribution < -0.4 is 9.62 Å². The average Bonchev–Trinajstić information content (AvgIpc) is 3.47. The molecule has 7 nitrogen and oxygen atoms in total. The molecule has 0 radical (unpaired) electrons. The van der Waals surface area contributed by atoms with Crippen LogP contribution in [0.5, 0.6) is 0 Å². The van der Waals surface area contributed by atoms with Crippen molar-refractivity contribution in [1.82, 2.24) is 10.2 Å². The van der Waals surface area contributed by atoms with Crippen LogP contribution in [0, 0.1) is 6.92 Å². The van der Waals surface area contributed by atoms with Crippen molar-refractivity contribution in [3.05, 3.63) is 101 Å². The van der Waals surface area contributed by atoms with E-state index in [1.54, 1.807) is 23.1 Å². The summed E-state index contributed by atoms with van der Waals surface area (Å²) < 4.78 is 26.6. The molecule has 4 rings (SSSR count). The van der Waals surface area contributed by atoms with Crippen LogP contribution in [0.15, 0.2) is 78.9 Å². The summed E-state index contributed by atoms with van der Waals surface area (Å²) in [7, 11) is -3.56. The number of sulfonamides is 1. The lowest BCUT2D eigenvalue weighted by atomic mass is 10.0. The molecule has 1 fully saturated rings. The van der Waals surface area contributed by atoms with Crippen molar-refractivity contribution in [2.45, 2.75) is 70.5 Å². The van der Waals surface area contributed by atoms with Crippen molar-refractivity contribution >= 4 is 39.1 Å². The van der Waals surface area contributed by atoms with E-state index in [1.807, 2.05) is 67.6 Å². The first-order valence-electron chi connectivity index (χ1n) is 14.5. The van der Waals surface area contributed by atoms with Crippen molar-refractivity contribution < 1.29 is 18.0 Å². The SMILES string of the molecule is Cc1cccc(N(CCCC(=O)N(Cc2ccc(Cl)cc2)[C@H](Cc2ccccc2)C(=O)NC2CCCC2)S(C)(=O)=O)c1. The highest BCUT2D eigenvalue weighted by Gasteiger charge is 2.32. The van der Waals surface area contributed by atoms with Crippen LogP contribution in [0.3, 0.4) is 0 Å². The van der Waals surface area contributed by atoms with Gasteiger partial charge in [0.1, 0.15) is 6.04 Å². The van der Waals surface area contributed by atoms with Gasteiger partial charge in [-0.3, -0.25) is 13.9 Å². The van der Waals surface area contributed by atoms with E-state index < -0.39 is 16.1 Å². The number of nitrogens with one attached hydrogen (secondary N) is 1. The first-order valence-corrected chi connectivity index (χ1v) is 16.8. The minimum Gasteiger partial charge on any atom is -0.352 e. The topological polar surface area (TPSA) is 86.8 Å². The van der Waals surface area contributed by atoms with E-state index in [4.69, 9.17) is 11.6 Å². The Morgan fingerprint density at radius 2 is 1.64 bits per heavy atom. The maximum atomic E-state index is 14.0. The Morgan fingerprint density at radius 3 is 2.29 bits per heavy atom. The quantitative estimate of drug-likeness (QED) is 0.262. The summed E-state index contributed by atoms with van der Waals surface area (Å²) in [4.78, 5) is 29.4. The number of carbonyl (C=O) groups excluding carboxylic acids is 2. The fourth-order valence-corrected chi connectivity index (χ4v) is 6.58. The Balaban J connectivity index is 1.58. The van der Waals surface area contributed by atoms with Gasteiger partial charge < -0.3 is 10.2 Å². The molecule has 224 valence electrons. The van der Waals surface area contributed by atoms with Gasteiger partial charge in [0.15, 0.2) is 0 Å². The van der Waals surface area contributed by atoms with E-state index in [0.29, 0.717) is 23.6 Å². The second-order valence-corrected chi connectivity index (χ2v) is 13.5. The maximum absolute atomic E-state index is 14.0. The van der Waals surface area contributed by atoms with Crippen LogP contribution in [0.4, 0.5) is 5.69 Å². The molecule has 2 amide bonds. The second kappa shape index (κ2) is 14.7. The van der Waals surface area contributed by atoms with E-state index in [-0.39, 0.29) is 37.4 Å². The number of hydrogen-bond donors (Lipinski definition) is 1. The summed E-state index contributed by atoms with van der Waals surface area (Å²) >= 11 is 6.12. The molecule has 1 atom stereocenters. The first kappa shape index (κ1) is 31.6. The van der Waals surface area contributed by atoms with Gasteiger partial charge in [0.25, 0.3) is 0 Å². The minimum atomic E-state index is -3.56. The molecule has 9 heteroatoms. The van der Waals surface area contributed by atoms with Gasteiger partial charge in [0.05, 0.1) is 11.9 Å². The van der Waals surface area contributed by atoms with Gasteiger partial charge in [0.2, 0.25) is 21.8 Å². The largest absolute Gasteiger partial charge is 0.352 e. The summed E-state index contributed by atoms with van der Waals surface area (Å²) in [5.41, 5.74) is 3.34. The van der Waals surface area contributed by atoms with Gasteiger partial charge in [-0.05, 0) is 67.1 Å². The van der Waals surface area contributed by atoms with Crippen LogP contribution in [-0.2, 0) is 32.6 Å². The molecule has 0 bridgehead atoms. The third-order valence-electron chi connectivity index (χ3n) is 7.68. The van der Waals surface area contributed by atoms with Crippen molar-refractivity contribution in [2.75, 3.05) is 17.1 Å². The summed E-state index contributed by atoms with van der Waals surface area (Å²) in [5, 5.41) is 3.80. The Labute approximate surface area is 254 Å². The van der Waals surface area contributed by atoms with Gasteiger partial charge in [-0.2, -0.15) is 0 Å². The third kappa shape index (κ3) is 9.07. The van der Waals surface area contributed by atoms with Crippen LogP contribution in [0.1, 0.15) is 55.2 Å². The van der Waals surface area contributed by atoms with Crippen LogP contribution in [0.2, 0.25) is 5.02 Å². The summed E-state index contributed by atoms with van der Waals surface area (Å²) in [6.07, 6.45) is 5.99. The molecule has 0 unspecified atom stereocenters. The highest BCUT2D eigenvalue weighted by atomic mass is 35.5. The number of anilines is 1. The van der Waals surface area contributed by atoms with Gasteiger partial charge >= 0.3 is 0 Å². The molecule has 0 aromatic heterocycles. The molecule has 1 aliphatic carbocycles. The van der Waals surface area contributed by atoms with E-state index in [9.17, 15) is 18.0 Å². The predicted molar refractivity (Wildman–Crippen MR) is 169 cm³/mol. The number of benzene rings is 3. The fraction of sp³-hybridized carbons (Fsp3) is 0.394. The molecule has 3 aromatic rings. The van der Waals surface area contributed by atoms with Crippen molar-refractivity contribution in [3.8, 4) is 0 Å². The molecule has 0 aliphatic heterocycles. The van der Waals surface area contributed by atoms with Crippen LogP contribution in [-0.4, -0.2) is 50.0 Å². The summed E-state index contributed by atoms with van der Waals surface area (Å²) in [5.74, 6) is -0.365. The molecule has 0 heterocycles. The Bertz CT molecular complexity index is 1440. The number of hydrogen-bond acceptors (Lipinski definition) is 4. The van der Waals surface area contributed by atoms with Gasteiger partial charge in [-0.15, -0.1) is 0 Å². The van der Waals surface area contributed by atoms with Crippen molar-refractivity contribution in [1.29, 1.82) is 0 Å². The molecule has 3 aromatic carbocycles. The Kier molecular flexibility index (Phi) is 11.0. The van der Waals surface area contributed by atoms with Gasteiger partial charge in [-0.1, -0.05) is 79.0 Å². The van der Waals surface area contributed by atoms with E-state index >= 15 is 0 Å². The Hall–Kier alpha value is -3.36. The molecular formula is C33H40ClN3O4S. The highest BCUT2D eigenvalue weighted by molar-refractivity contribution is 7.92. The lowest BCUT2D eigenvalue weighted by Gasteiger charge is -2.33. The van der Waals surface area contributed by atoms with Crippen LogP contribution >= 0.6 is 11.6 Å². The summed E-state index contributed by atoms with van der Waals surface area (Å²) in [6.45, 7) is 2.30. The second-order valence-electron chi connectivity index (χ2n) is 11.1. The zero-order valence-corrected chi connectivity index (χ0v) is 25.9. The number of nitrogens with zero attached hydrogens (tertiary/aromatic N) is 2. The third-order valence-corrected chi connectivity index (χ3v) is 9.13. The lowest BCUT2D eigenvalue weighted by Crippen LogP contribution is -2.52. The maximum Gasteiger partial charge on any atom is 0.243 e. The molecule has 0 spiro atoms. The normalized spacial score (nSPS) is 14.4. The summed E-state index contributed by atoms with van der Waals surface area (Å²) in [6, 6.07) is 23.7. The highest BCUT2D eigenvalue weighted by Crippen LogP contribution is 2.23. The number of rotatable bonds is 13. The first-order chi connectivity index (χ1) is 20.1. The fourth-order valence-electron chi connectivity index (χ4n) is 5.49. The average molecular weight is 610 g/mol. The molecule has 1 aliphatic rings. The molecular weight excluding hydrogens is 570 g/mol. The van der Waals surface area contributed by atoms with E-state index in [1.165, 1.54) is 10.6 Å². The minimum absolute atomic E-state index is 0.0907. The number of amides is 2. The lowest BCUT2D eigenvalue weighted by molar-refractivity contribution is -0.141. The molecule has 1 N–H and O–H groups in total. The molecule has 42 heavy (non-hydrogen) atoms. The standard InChI is InChI=1S/C33H40ClN3O4S/c1-25-10-8-15-30(22-25)37(42(2,40)41)21-9-16-32(38)36(24-27-17-19-28(34)20-18-27)31(23-26-11-4-3-5-12-26)33(39)35-29-13-6-7-14-29/h3-5,8,10-12,15,17-20,22,29,31H,6-7,9,13-14,16,21,23-24H2,1-2H3,(H,35,39)/t31-/m1/s1.